The fourth-order valence-corrected chi connectivity index (χ4v) is 3.00. The van der Waals surface area contributed by atoms with Crippen molar-refractivity contribution < 1.29 is 9.32 Å². The predicted octanol–water partition coefficient (Wildman–Crippen LogP) is 2.21. The molecule has 3 heterocycles. The van der Waals surface area contributed by atoms with Crippen LogP contribution in [0, 0.1) is 5.92 Å². The fraction of sp³-hybridized carbons (Fsp3) is 0.462. The number of nitrogens with zero attached hydrogens (tertiary/aromatic N) is 3. The van der Waals surface area contributed by atoms with Crippen LogP contribution < -0.4 is 0 Å². The molecule has 0 aromatic carbocycles. The minimum atomic E-state index is 0.150. The number of likely N-dealkylation sites (tertiary alicyclic amines) is 1. The molecule has 3 rings (SSSR count). The van der Waals surface area contributed by atoms with Crippen molar-refractivity contribution in [3.05, 3.63) is 22.7 Å². The van der Waals surface area contributed by atoms with Crippen LogP contribution in [0.5, 0.6) is 0 Å². The third-order valence-electron chi connectivity index (χ3n) is 3.34. The Kier molecular flexibility index (Phi) is 3.70. The number of carbonyl (C=O) groups excluding carboxylic acids is 1. The molecule has 0 amide bonds. The normalized spacial score (nSPS) is 20.5. The van der Waals surface area contributed by atoms with Crippen LogP contribution in [0.4, 0.5) is 0 Å². The SMILES string of the molecule is O=CC1CCCN(Cc2noc(-c3ccsc3)n2)C1. The van der Waals surface area contributed by atoms with Crippen molar-refractivity contribution in [2.75, 3.05) is 13.1 Å². The Hall–Kier alpha value is -1.53. The Bertz CT molecular complexity index is 538. The lowest BCUT2D eigenvalue weighted by atomic mass is 10.00. The van der Waals surface area contributed by atoms with Gasteiger partial charge < -0.3 is 9.32 Å². The lowest BCUT2D eigenvalue weighted by Crippen LogP contribution is -2.35. The summed E-state index contributed by atoms with van der Waals surface area (Å²) in [6.07, 6.45) is 3.10. The maximum Gasteiger partial charge on any atom is 0.258 e. The van der Waals surface area contributed by atoms with Crippen LogP contribution in [0.15, 0.2) is 21.3 Å². The van der Waals surface area contributed by atoms with E-state index in [1.165, 1.54) is 0 Å². The van der Waals surface area contributed by atoms with Gasteiger partial charge in [-0.05, 0) is 30.8 Å². The van der Waals surface area contributed by atoms with Crippen LogP contribution >= 0.6 is 11.3 Å². The van der Waals surface area contributed by atoms with Crippen LogP contribution in [-0.2, 0) is 11.3 Å². The van der Waals surface area contributed by atoms with Crippen molar-refractivity contribution in [3.8, 4) is 11.5 Å². The maximum absolute atomic E-state index is 10.8. The van der Waals surface area contributed by atoms with Gasteiger partial charge in [0.25, 0.3) is 5.89 Å². The zero-order valence-corrected chi connectivity index (χ0v) is 11.3. The summed E-state index contributed by atoms with van der Waals surface area (Å²) in [6, 6.07) is 1.96. The molecule has 1 aliphatic heterocycles. The van der Waals surface area contributed by atoms with E-state index in [-0.39, 0.29) is 5.92 Å². The zero-order valence-electron chi connectivity index (χ0n) is 10.5. The molecule has 1 aliphatic rings. The van der Waals surface area contributed by atoms with Gasteiger partial charge >= 0.3 is 0 Å². The zero-order chi connectivity index (χ0) is 13.1. The number of hydrogen-bond donors (Lipinski definition) is 0. The monoisotopic (exact) mass is 277 g/mol. The van der Waals surface area contributed by atoms with Gasteiger partial charge in [0.1, 0.15) is 6.29 Å². The van der Waals surface area contributed by atoms with Crippen LogP contribution in [0.25, 0.3) is 11.5 Å². The molecule has 1 atom stereocenters. The summed E-state index contributed by atoms with van der Waals surface area (Å²) in [5.41, 5.74) is 0.966. The second kappa shape index (κ2) is 5.63. The highest BCUT2D eigenvalue weighted by Gasteiger charge is 2.21. The molecule has 2 aromatic heterocycles. The van der Waals surface area contributed by atoms with Crippen molar-refractivity contribution in [1.29, 1.82) is 0 Å². The lowest BCUT2D eigenvalue weighted by Gasteiger charge is -2.28. The van der Waals surface area contributed by atoms with Gasteiger partial charge in [-0.1, -0.05) is 5.16 Å². The summed E-state index contributed by atoms with van der Waals surface area (Å²) >= 11 is 1.61. The molecule has 1 unspecified atom stereocenters. The second-order valence-electron chi connectivity index (χ2n) is 4.80. The van der Waals surface area contributed by atoms with E-state index in [9.17, 15) is 4.79 Å². The average Bonchev–Trinajstić information content (AvgIpc) is 3.09. The number of thiophene rings is 1. The van der Waals surface area contributed by atoms with Gasteiger partial charge in [0, 0.05) is 17.8 Å². The van der Waals surface area contributed by atoms with Gasteiger partial charge in [0.15, 0.2) is 5.82 Å². The Morgan fingerprint density at radius 3 is 3.32 bits per heavy atom. The van der Waals surface area contributed by atoms with E-state index >= 15 is 0 Å². The van der Waals surface area contributed by atoms with Crippen molar-refractivity contribution in [3.63, 3.8) is 0 Å². The molecule has 19 heavy (non-hydrogen) atoms. The number of piperidine rings is 1. The van der Waals surface area contributed by atoms with Gasteiger partial charge in [-0.25, -0.2) is 0 Å². The summed E-state index contributed by atoms with van der Waals surface area (Å²) < 4.78 is 5.25. The van der Waals surface area contributed by atoms with E-state index < -0.39 is 0 Å². The van der Waals surface area contributed by atoms with Gasteiger partial charge in [0.05, 0.1) is 12.1 Å². The largest absolute Gasteiger partial charge is 0.334 e. The Morgan fingerprint density at radius 1 is 1.58 bits per heavy atom. The lowest BCUT2D eigenvalue weighted by molar-refractivity contribution is -0.112. The highest BCUT2D eigenvalue weighted by molar-refractivity contribution is 7.08. The molecule has 100 valence electrons. The first-order chi connectivity index (χ1) is 9.35. The summed E-state index contributed by atoms with van der Waals surface area (Å²) in [6.45, 7) is 2.44. The van der Waals surface area contributed by atoms with Crippen molar-refractivity contribution in [1.82, 2.24) is 15.0 Å². The second-order valence-corrected chi connectivity index (χ2v) is 5.58. The first-order valence-electron chi connectivity index (χ1n) is 6.38. The first-order valence-corrected chi connectivity index (χ1v) is 7.32. The highest BCUT2D eigenvalue weighted by Crippen LogP contribution is 2.21. The maximum atomic E-state index is 10.8. The fourth-order valence-electron chi connectivity index (χ4n) is 2.37. The Morgan fingerprint density at radius 2 is 2.53 bits per heavy atom. The topological polar surface area (TPSA) is 59.2 Å². The van der Waals surface area contributed by atoms with Gasteiger partial charge in [-0.15, -0.1) is 0 Å². The number of hydrogen-bond acceptors (Lipinski definition) is 6. The van der Waals surface area contributed by atoms with Gasteiger partial charge in [-0.2, -0.15) is 16.3 Å². The van der Waals surface area contributed by atoms with E-state index in [2.05, 4.69) is 15.0 Å². The molecule has 0 spiro atoms. The molecular weight excluding hydrogens is 262 g/mol. The van der Waals surface area contributed by atoms with E-state index in [0.717, 1.165) is 37.8 Å². The van der Waals surface area contributed by atoms with Crippen molar-refractivity contribution in [2.24, 2.45) is 5.92 Å². The number of aromatic nitrogens is 2. The molecule has 2 aromatic rings. The predicted molar refractivity (Wildman–Crippen MR) is 71.7 cm³/mol. The van der Waals surface area contributed by atoms with Crippen LogP contribution in [0.1, 0.15) is 18.7 Å². The van der Waals surface area contributed by atoms with Crippen molar-refractivity contribution in [2.45, 2.75) is 19.4 Å². The summed E-state index contributed by atoms with van der Waals surface area (Å²) in [7, 11) is 0. The molecule has 0 bridgehead atoms. The quantitative estimate of drug-likeness (QED) is 0.802. The number of aldehydes is 1. The molecule has 0 radical (unpaired) electrons. The third kappa shape index (κ3) is 2.90. The Labute approximate surface area is 115 Å². The minimum Gasteiger partial charge on any atom is -0.334 e. The van der Waals surface area contributed by atoms with E-state index in [1.54, 1.807) is 11.3 Å². The minimum absolute atomic E-state index is 0.150. The Balaban J connectivity index is 1.65. The molecule has 0 N–H and O–H groups in total. The molecule has 0 saturated carbocycles. The van der Waals surface area contributed by atoms with Crippen LogP contribution in [0.2, 0.25) is 0 Å². The molecule has 0 aliphatic carbocycles. The third-order valence-corrected chi connectivity index (χ3v) is 4.02. The van der Waals surface area contributed by atoms with Crippen molar-refractivity contribution >= 4 is 17.6 Å². The summed E-state index contributed by atoms with van der Waals surface area (Å²) in [4.78, 5) is 17.5. The number of rotatable bonds is 4. The van der Waals surface area contributed by atoms with E-state index in [0.29, 0.717) is 18.3 Å². The summed E-state index contributed by atoms with van der Waals surface area (Å²) in [5.74, 6) is 1.41. The average molecular weight is 277 g/mol. The standard InChI is InChI=1S/C13H15N3O2S/c17-8-10-2-1-4-16(6-10)7-12-14-13(18-15-12)11-3-5-19-9-11/h3,5,8-10H,1-2,4,6-7H2. The highest BCUT2D eigenvalue weighted by atomic mass is 32.1. The van der Waals surface area contributed by atoms with Crippen LogP contribution in [0.3, 0.4) is 0 Å². The molecule has 5 nitrogen and oxygen atoms in total. The molecular formula is C13H15N3O2S. The van der Waals surface area contributed by atoms with Gasteiger partial charge in [0.2, 0.25) is 0 Å². The number of carbonyl (C=O) groups is 1. The van der Waals surface area contributed by atoms with E-state index in [1.807, 2.05) is 16.8 Å². The molecule has 1 fully saturated rings. The summed E-state index contributed by atoms with van der Waals surface area (Å²) in [5, 5.41) is 7.98. The molecule has 1 saturated heterocycles. The van der Waals surface area contributed by atoms with Crippen LogP contribution in [-0.4, -0.2) is 34.4 Å². The molecule has 6 heteroatoms. The smallest absolute Gasteiger partial charge is 0.258 e. The first kappa shape index (κ1) is 12.5. The van der Waals surface area contributed by atoms with E-state index in [4.69, 9.17) is 4.52 Å². The van der Waals surface area contributed by atoms with Gasteiger partial charge in [-0.3, -0.25) is 4.90 Å².